The number of hydrogen-bond donors (Lipinski definition) is 6. The van der Waals surface area contributed by atoms with Crippen molar-refractivity contribution in [2.75, 3.05) is 13.2 Å². The van der Waals surface area contributed by atoms with Crippen LogP contribution in [0.25, 0.3) is 0 Å². The molecule has 0 saturated heterocycles. The smallest absolute Gasteiger partial charge is 0.338 e. The number of aliphatic hydroxyl groups excluding tert-OH is 4. The van der Waals surface area contributed by atoms with E-state index in [1.807, 2.05) is 0 Å². The molecule has 0 aromatic rings. The number of aliphatic hydroxyl groups is 4. The van der Waals surface area contributed by atoms with Crippen LogP contribution >= 0.6 is 0 Å². The summed E-state index contributed by atoms with van der Waals surface area (Å²) in [5.74, 6) is -6.47. The maximum absolute atomic E-state index is 11.1. The molecule has 4 atom stereocenters. The van der Waals surface area contributed by atoms with Gasteiger partial charge in [0.1, 0.15) is 0 Å². The maximum atomic E-state index is 11.1. The maximum Gasteiger partial charge on any atom is 0.338 e. The van der Waals surface area contributed by atoms with Gasteiger partial charge >= 0.3 is 23.9 Å². The summed E-state index contributed by atoms with van der Waals surface area (Å²) in [5, 5.41) is 52.6. The van der Waals surface area contributed by atoms with Crippen LogP contribution < -0.4 is 0 Å². The first-order valence-corrected chi connectivity index (χ1v) is 6.10. The summed E-state index contributed by atoms with van der Waals surface area (Å²) in [4.78, 5) is 42.8. The summed E-state index contributed by atoms with van der Waals surface area (Å²) < 4.78 is 8.79. The molecule has 12 heteroatoms. The molecule has 6 N–H and O–H groups in total. The molecule has 0 aliphatic rings. The first-order chi connectivity index (χ1) is 10.6. The third kappa shape index (κ3) is 7.01. The zero-order chi connectivity index (χ0) is 18.2. The van der Waals surface area contributed by atoms with Gasteiger partial charge in [0.2, 0.25) is 0 Å². The summed E-state index contributed by atoms with van der Waals surface area (Å²) in [6.07, 6.45) is -9.42. The van der Waals surface area contributed by atoms with Crippen molar-refractivity contribution in [1.82, 2.24) is 0 Å². The Bertz CT molecular complexity index is 406. The fourth-order valence-electron chi connectivity index (χ4n) is 1.10. The van der Waals surface area contributed by atoms with E-state index in [1.54, 1.807) is 0 Å². The standard InChI is InChI=1S/C11H16O12/c12-4(8(16)17)6(14)10(20)22-2-1-3-23-11(21)7(15)5(13)9(18)19/h4-7,12-15H,1-3H2,(H,16,17)(H,18,19). The van der Waals surface area contributed by atoms with E-state index in [1.165, 1.54) is 0 Å². The molecule has 0 aliphatic carbocycles. The lowest BCUT2D eigenvalue weighted by Crippen LogP contribution is -2.41. The number of rotatable bonds is 10. The van der Waals surface area contributed by atoms with Crippen molar-refractivity contribution >= 4 is 23.9 Å². The third-order valence-corrected chi connectivity index (χ3v) is 2.36. The zero-order valence-electron chi connectivity index (χ0n) is 11.6. The van der Waals surface area contributed by atoms with E-state index in [-0.39, 0.29) is 6.42 Å². The van der Waals surface area contributed by atoms with Crippen molar-refractivity contribution in [1.29, 1.82) is 0 Å². The molecular weight excluding hydrogens is 324 g/mol. The summed E-state index contributed by atoms with van der Waals surface area (Å²) >= 11 is 0. The van der Waals surface area contributed by atoms with Gasteiger partial charge in [0.25, 0.3) is 0 Å². The normalized spacial score (nSPS) is 15.8. The van der Waals surface area contributed by atoms with Gasteiger partial charge in [0, 0.05) is 6.42 Å². The second-order valence-electron chi connectivity index (χ2n) is 4.14. The summed E-state index contributed by atoms with van der Waals surface area (Å²) in [6.45, 7) is -0.847. The lowest BCUT2D eigenvalue weighted by Gasteiger charge is -2.14. The van der Waals surface area contributed by atoms with E-state index in [0.29, 0.717) is 0 Å². The SMILES string of the molecule is O=C(O)C(O)C(O)C(=O)OCCCOC(=O)C(O)C(O)C(=O)O. The van der Waals surface area contributed by atoms with E-state index in [2.05, 4.69) is 9.47 Å². The Morgan fingerprint density at radius 2 is 0.957 bits per heavy atom. The largest absolute Gasteiger partial charge is 0.479 e. The van der Waals surface area contributed by atoms with Crippen molar-refractivity contribution in [2.24, 2.45) is 0 Å². The number of aliphatic carboxylic acids is 2. The predicted molar refractivity (Wildman–Crippen MR) is 65.8 cm³/mol. The molecule has 132 valence electrons. The number of hydrogen-bond acceptors (Lipinski definition) is 10. The van der Waals surface area contributed by atoms with Crippen molar-refractivity contribution in [3.8, 4) is 0 Å². The van der Waals surface area contributed by atoms with Gasteiger partial charge in [-0.3, -0.25) is 0 Å². The van der Waals surface area contributed by atoms with Crippen LogP contribution in [-0.4, -0.2) is 92.1 Å². The molecule has 0 radical (unpaired) electrons. The summed E-state index contributed by atoms with van der Waals surface area (Å²) in [7, 11) is 0. The number of carbonyl (C=O) groups excluding carboxylic acids is 2. The molecule has 0 saturated carbocycles. The number of carboxylic acids is 2. The minimum atomic E-state index is -2.35. The lowest BCUT2D eigenvalue weighted by atomic mass is 10.2. The Labute approximate surface area is 128 Å². The Balaban J connectivity index is 4.01. The van der Waals surface area contributed by atoms with Gasteiger partial charge < -0.3 is 40.1 Å². The van der Waals surface area contributed by atoms with Gasteiger partial charge in [-0.15, -0.1) is 0 Å². The highest BCUT2D eigenvalue weighted by atomic mass is 16.6. The highest BCUT2D eigenvalue weighted by molar-refractivity contribution is 5.84. The van der Waals surface area contributed by atoms with Gasteiger partial charge in [-0.2, -0.15) is 0 Å². The monoisotopic (exact) mass is 340 g/mol. The van der Waals surface area contributed by atoms with E-state index >= 15 is 0 Å². The average Bonchev–Trinajstić information content (AvgIpc) is 2.50. The second kappa shape index (κ2) is 9.68. The van der Waals surface area contributed by atoms with Crippen LogP contribution in [0.5, 0.6) is 0 Å². The molecule has 0 heterocycles. The van der Waals surface area contributed by atoms with Crippen LogP contribution in [0.4, 0.5) is 0 Å². The van der Waals surface area contributed by atoms with Crippen LogP contribution in [0.2, 0.25) is 0 Å². The van der Waals surface area contributed by atoms with Crippen molar-refractivity contribution < 1.29 is 59.3 Å². The molecular formula is C11H16O12. The number of esters is 2. The molecule has 0 aliphatic heterocycles. The van der Waals surface area contributed by atoms with Crippen molar-refractivity contribution in [2.45, 2.75) is 30.8 Å². The molecule has 4 unspecified atom stereocenters. The highest BCUT2D eigenvalue weighted by Gasteiger charge is 2.32. The first kappa shape index (κ1) is 20.7. The van der Waals surface area contributed by atoms with Crippen molar-refractivity contribution in [3.63, 3.8) is 0 Å². The predicted octanol–water partition coefficient (Wildman–Crippen LogP) is -3.92. The van der Waals surface area contributed by atoms with Gasteiger partial charge in [0.05, 0.1) is 13.2 Å². The number of ether oxygens (including phenoxy) is 2. The van der Waals surface area contributed by atoms with Gasteiger partial charge in [-0.1, -0.05) is 0 Å². The molecule has 0 fully saturated rings. The van der Waals surface area contributed by atoms with Crippen LogP contribution in [0.1, 0.15) is 6.42 Å². The van der Waals surface area contributed by atoms with E-state index in [4.69, 9.17) is 30.6 Å². The molecule has 12 nitrogen and oxygen atoms in total. The highest BCUT2D eigenvalue weighted by Crippen LogP contribution is 2.00. The Morgan fingerprint density at radius 3 is 1.22 bits per heavy atom. The van der Waals surface area contributed by atoms with E-state index < -0.39 is 61.5 Å². The Kier molecular flexibility index (Phi) is 8.72. The van der Waals surface area contributed by atoms with Gasteiger partial charge in [-0.25, -0.2) is 19.2 Å². The van der Waals surface area contributed by atoms with E-state index in [9.17, 15) is 19.2 Å². The van der Waals surface area contributed by atoms with Crippen LogP contribution in [-0.2, 0) is 28.7 Å². The molecule has 0 amide bonds. The number of carbonyl (C=O) groups is 4. The molecule has 0 rings (SSSR count). The Morgan fingerprint density at radius 1 is 0.652 bits per heavy atom. The van der Waals surface area contributed by atoms with Crippen molar-refractivity contribution in [3.05, 3.63) is 0 Å². The molecule has 23 heavy (non-hydrogen) atoms. The lowest BCUT2D eigenvalue weighted by molar-refractivity contribution is -0.172. The average molecular weight is 340 g/mol. The first-order valence-electron chi connectivity index (χ1n) is 6.10. The quantitative estimate of drug-likeness (QED) is 0.166. The van der Waals surface area contributed by atoms with Gasteiger partial charge in [-0.05, 0) is 0 Å². The van der Waals surface area contributed by atoms with Crippen LogP contribution in [0.3, 0.4) is 0 Å². The molecule has 0 spiro atoms. The zero-order valence-corrected chi connectivity index (χ0v) is 11.6. The Hall–Kier alpha value is -2.28. The minimum Gasteiger partial charge on any atom is -0.479 e. The number of carboxylic acid groups (broad SMARTS) is 2. The summed E-state index contributed by atoms with van der Waals surface area (Å²) in [6, 6.07) is 0. The second-order valence-corrected chi connectivity index (χ2v) is 4.14. The van der Waals surface area contributed by atoms with E-state index in [0.717, 1.165) is 0 Å². The molecule has 0 aromatic carbocycles. The fourth-order valence-corrected chi connectivity index (χ4v) is 1.10. The van der Waals surface area contributed by atoms with Crippen LogP contribution in [0, 0.1) is 0 Å². The fraction of sp³-hybridized carbons (Fsp3) is 0.636. The minimum absolute atomic E-state index is 0.136. The van der Waals surface area contributed by atoms with Crippen LogP contribution in [0.15, 0.2) is 0 Å². The summed E-state index contributed by atoms with van der Waals surface area (Å²) in [5.41, 5.74) is 0. The molecule has 0 bridgehead atoms. The van der Waals surface area contributed by atoms with Gasteiger partial charge in [0.15, 0.2) is 24.4 Å². The third-order valence-electron chi connectivity index (χ3n) is 2.36. The molecule has 0 aromatic heterocycles. The topological polar surface area (TPSA) is 208 Å².